The van der Waals surface area contributed by atoms with Gasteiger partial charge in [-0.2, -0.15) is 0 Å². The molecule has 0 saturated heterocycles. The summed E-state index contributed by atoms with van der Waals surface area (Å²) in [6.07, 6.45) is 18.1. The summed E-state index contributed by atoms with van der Waals surface area (Å²) in [7, 11) is 1.65. The summed E-state index contributed by atoms with van der Waals surface area (Å²) in [6.45, 7) is 14.0. The summed E-state index contributed by atoms with van der Waals surface area (Å²) < 4.78 is 11.3. The maximum atomic E-state index is 13.6. The second-order valence-electron chi connectivity index (χ2n) is 9.18. The zero-order chi connectivity index (χ0) is 27.2. The molecule has 0 aromatic carbocycles. The number of nitrogens with zero attached hydrogens (tertiary/aromatic N) is 1. The molecule has 1 aliphatic carbocycles. The lowest BCUT2D eigenvalue weighted by Gasteiger charge is -2.33. The average Bonchev–Trinajstić information content (AvgIpc) is 3.09. The molecule has 3 aliphatic rings. The van der Waals surface area contributed by atoms with Gasteiger partial charge in [-0.15, -0.1) is 0 Å². The number of amides is 2. The SMILES string of the molecule is C=CC1=C(/C=C\COC)CCCN1C(=O)C1=CC2=CC=C(CC)C(OCCCCC)CC2NC1=O.CC. The number of nitrogens with one attached hydrogen (secondary N) is 1. The monoisotopic (exact) mass is 510 g/mol. The molecule has 2 aliphatic heterocycles. The van der Waals surface area contributed by atoms with Gasteiger partial charge in [0.05, 0.1) is 18.8 Å². The van der Waals surface area contributed by atoms with Crippen LogP contribution >= 0.6 is 0 Å². The van der Waals surface area contributed by atoms with Crippen molar-refractivity contribution >= 4 is 11.8 Å². The lowest BCUT2D eigenvalue weighted by atomic mass is 9.93. The summed E-state index contributed by atoms with van der Waals surface area (Å²) in [6, 6.07) is -0.168. The number of allylic oxidation sites excluding steroid dienone is 5. The lowest BCUT2D eigenvalue weighted by Crippen LogP contribution is -2.47. The second kappa shape index (κ2) is 16.2. The molecule has 204 valence electrons. The third-order valence-corrected chi connectivity index (χ3v) is 6.79. The van der Waals surface area contributed by atoms with Crippen LogP contribution in [0.4, 0.5) is 0 Å². The van der Waals surface area contributed by atoms with Crippen LogP contribution in [0.25, 0.3) is 0 Å². The van der Waals surface area contributed by atoms with Gasteiger partial charge in [-0.3, -0.25) is 9.59 Å². The van der Waals surface area contributed by atoms with Crippen LogP contribution in [0.3, 0.4) is 0 Å². The normalized spacial score (nSPS) is 21.7. The Kier molecular flexibility index (Phi) is 13.4. The van der Waals surface area contributed by atoms with Gasteiger partial charge in [0.15, 0.2) is 0 Å². The maximum Gasteiger partial charge on any atom is 0.263 e. The molecule has 2 amide bonds. The summed E-state index contributed by atoms with van der Waals surface area (Å²) in [5, 5.41) is 3.08. The Morgan fingerprint density at radius 2 is 2.03 bits per heavy atom. The summed E-state index contributed by atoms with van der Waals surface area (Å²) in [4.78, 5) is 28.3. The van der Waals surface area contributed by atoms with E-state index in [1.807, 2.05) is 32.1 Å². The van der Waals surface area contributed by atoms with E-state index in [1.54, 1.807) is 24.2 Å². The van der Waals surface area contributed by atoms with Gasteiger partial charge in [0.25, 0.3) is 11.8 Å². The van der Waals surface area contributed by atoms with Crippen molar-refractivity contribution in [3.63, 3.8) is 0 Å². The van der Waals surface area contributed by atoms with Gasteiger partial charge in [0.1, 0.15) is 5.57 Å². The Hall–Kier alpha value is -2.70. The highest BCUT2D eigenvalue weighted by Crippen LogP contribution is 2.30. The predicted octanol–water partition coefficient (Wildman–Crippen LogP) is 5.94. The van der Waals surface area contributed by atoms with E-state index in [1.165, 1.54) is 5.57 Å². The highest BCUT2D eigenvalue weighted by molar-refractivity contribution is 6.20. The van der Waals surface area contributed by atoms with Crippen LogP contribution < -0.4 is 5.32 Å². The lowest BCUT2D eigenvalue weighted by molar-refractivity contribution is -0.129. The minimum atomic E-state index is -0.327. The van der Waals surface area contributed by atoms with E-state index in [-0.39, 0.29) is 29.5 Å². The number of carbonyl (C=O) groups is 2. The molecule has 1 N–H and O–H groups in total. The topological polar surface area (TPSA) is 67.9 Å². The van der Waals surface area contributed by atoms with Crippen molar-refractivity contribution in [2.24, 2.45) is 0 Å². The first-order chi connectivity index (χ1) is 18.0. The van der Waals surface area contributed by atoms with E-state index in [2.05, 4.69) is 31.8 Å². The van der Waals surface area contributed by atoms with Crippen molar-refractivity contribution in [1.82, 2.24) is 10.2 Å². The van der Waals surface area contributed by atoms with E-state index in [0.29, 0.717) is 19.6 Å². The van der Waals surface area contributed by atoms with Crippen molar-refractivity contribution in [3.8, 4) is 0 Å². The molecule has 0 fully saturated rings. The predicted molar refractivity (Wildman–Crippen MR) is 151 cm³/mol. The molecule has 0 radical (unpaired) electrons. The van der Waals surface area contributed by atoms with E-state index in [9.17, 15) is 9.59 Å². The van der Waals surface area contributed by atoms with E-state index >= 15 is 0 Å². The molecule has 6 nitrogen and oxygen atoms in total. The number of methoxy groups -OCH3 is 1. The molecule has 0 aromatic rings. The number of hydrogen-bond donors (Lipinski definition) is 1. The summed E-state index contributed by atoms with van der Waals surface area (Å²) in [5.41, 5.74) is 4.12. The van der Waals surface area contributed by atoms with Crippen LogP contribution in [-0.4, -0.2) is 55.7 Å². The third-order valence-electron chi connectivity index (χ3n) is 6.79. The van der Waals surface area contributed by atoms with Crippen molar-refractivity contribution in [2.75, 3.05) is 26.9 Å². The molecule has 0 saturated carbocycles. The largest absolute Gasteiger partial charge is 0.381 e. The first-order valence-corrected chi connectivity index (χ1v) is 13.9. The van der Waals surface area contributed by atoms with Crippen LogP contribution in [0.2, 0.25) is 0 Å². The van der Waals surface area contributed by atoms with Crippen LogP contribution in [0, 0.1) is 0 Å². The molecule has 2 heterocycles. The number of fused-ring (bicyclic) bond motifs is 1. The fourth-order valence-corrected chi connectivity index (χ4v) is 4.85. The van der Waals surface area contributed by atoms with Gasteiger partial charge in [0, 0.05) is 32.4 Å². The third kappa shape index (κ3) is 8.14. The Morgan fingerprint density at radius 1 is 1.24 bits per heavy atom. The molecule has 2 atom stereocenters. The Balaban J connectivity index is 0.00000235. The number of carbonyl (C=O) groups excluding carboxylic acids is 2. The summed E-state index contributed by atoms with van der Waals surface area (Å²) in [5.74, 6) is -0.613. The molecule has 0 bridgehead atoms. The number of hydrogen-bond acceptors (Lipinski definition) is 4. The zero-order valence-corrected chi connectivity index (χ0v) is 23.5. The fourth-order valence-electron chi connectivity index (χ4n) is 4.85. The van der Waals surface area contributed by atoms with Gasteiger partial charge in [-0.25, -0.2) is 0 Å². The minimum absolute atomic E-state index is 0.0274. The quantitative estimate of drug-likeness (QED) is 0.276. The Bertz CT molecular complexity index is 954. The zero-order valence-electron chi connectivity index (χ0n) is 23.5. The van der Waals surface area contributed by atoms with E-state index < -0.39 is 0 Å². The van der Waals surface area contributed by atoms with Crippen LogP contribution in [0.5, 0.6) is 0 Å². The van der Waals surface area contributed by atoms with Crippen molar-refractivity contribution in [1.29, 1.82) is 0 Å². The fraction of sp³-hybridized carbons (Fsp3) is 0.548. The van der Waals surface area contributed by atoms with Crippen molar-refractivity contribution in [2.45, 2.75) is 84.8 Å². The Morgan fingerprint density at radius 3 is 2.70 bits per heavy atom. The smallest absolute Gasteiger partial charge is 0.263 e. The molecule has 6 heteroatoms. The number of rotatable bonds is 11. The average molecular weight is 511 g/mol. The minimum Gasteiger partial charge on any atom is -0.381 e. The van der Waals surface area contributed by atoms with Crippen LogP contribution in [0.15, 0.2) is 71.0 Å². The van der Waals surface area contributed by atoms with Gasteiger partial charge < -0.3 is 19.7 Å². The standard InChI is InChI=1S/C29H40N2O4.C2H6/c1-5-8-9-18-35-27-20-25-23(15-14-21(27)6-2)19-24(28(32)30-25)29(33)31-16-10-12-22(26(31)7-3)13-11-17-34-4;1-2/h7,11,13-15,19,25,27H,3,5-6,8-10,12,16-18,20H2,1-2,4H3,(H,30,32);1-2H3/b13-11-;. The van der Waals surface area contributed by atoms with Gasteiger partial charge in [0.2, 0.25) is 0 Å². The van der Waals surface area contributed by atoms with Crippen LogP contribution in [0.1, 0.15) is 72.6 Å². The highest BCUT2D eigenvalue weighted by atomic mass is 16.5. The van der Waals surface area contributed by atoms with Crippen LogP contribution in [-0.2, 0) is 19.1 Å². The second-order valence-corrected chi connectivity index (χ2v) is 9.18. The first kappa shape index (κ1) is 30.5. The van der Waals surface area contributed by atoms with Crippen molar-refractivity contribution in [3.05, 3.63) is 71.0 Å². The molecule has 37 heavy (non-hydrogen) atoms. The van der Waals surface area contributed by atoms with Gasteiger partial charge in [-0.05, 0) is 54.6 Å². The molecule has 2 unspecified atom stereocenters. The Labute approximate surface area is 223 Å². The van der Waals surface area contributed by atoms with Crippen molar-refractivity contribution < 1.29 is 19.1 Å². The molecule has 0 spiro atoms. The number of unbranched alkanes of at least 4 members (excludes halogenated alkanes) is 2. The summed E-state index contributed by atoms with van der Waals surface area (Å²) >= 11 is 0. The van der Waals surface area contributed by atoms with E-state index in [0.717, 1.165) is 62.0 Å². The first-order valence-electron chi connectivity index (χ1n) is 13.9. The maximum absolute atomic E-state index is 13.6. The molecule has 0 aromatic heterocycles. The highest BCUT2D eigenvalue weighted by Gasteiger charge is 2.35. The molecular formula is C31H46N2O4. The number of ether oxygens (including phenoxy) is 2. The van der Waals surface area contributed by atoms with Gasteiger partial charge in [-0.1, -0.05) is 71.4 Å². The van der Waals surface area contributed by atoms with E-state index in [4.69, 9.17) is 9.47 Å². The molecule has 3 rings (SSSR count). The molecular weight excluding hydrogens is 464 g/mol. The van der Waals surface area contributed by atoms with Gasteiger partial charge >= 0.3 is 0 Å².